The lowest BCUT2D eigenvalue weighted by molar-refractivity contribution is -0.136. The fraction of sp³-hybridized carbons (Fsp3) is 0.391. The Balaban J connectivity index is 1.63. The summed E-state index contributed by atoms with van der Waals surface area (Å²) in [5, 5.41) is 5.45. The zero-order valence-corrected chi connectivity index (χ0v) is 17.9. The molecule has 1 aliphatic heterocycles. The lowest BCUT2D eigenvalue weighted by atomic mass is 10.0. The first-order valence-electron chi connectivity index (χ1n) is 9.93. The van der Waals surface area contributed by atoms with Crippen molar-refractivity contribution in [1.29, 1.82) is 0 Å². The summed E-state index contributed by atoms with van der Waals surface area (Å²) in [6, 6.07) is 12.0. The first-order chi connectivity index (χ1) is 13.8. The first-order valence-corrected chi connectivity index (χ1v) is 9.93. The number of hydrogen-bond acceptors (Lipinski definition) is 4. The minimum atomic E-state index is -0.652. The van der Waals surface area contributed by atoms with Gasteiger partial charge in [-0.3, -0.25) is 9.59 Å². The van der Waals surface area contributed by atoms with Gasteiger partial charge in [0.25, 0.3) is 0 Å². The van der Waals surface area contributed by atoms with Crippen molar-refractivity contribution in [1.82, 2.24) is 10.2 Å². The molecule has 154 valence electrons. The van der Waals surface area contributed by atoms with E-state index in [4.69, 9.17) is 0 Å². The number of nitrogens with zero attached hydrogens (tertiary/aromatic N) is 2. The number of hydrogen-bond donors (Lipinski definition) is 2. The average molecular weight is 395 g/mol. The number of benzene rings is 2. The zero-order valence-electron chi connectivity index (χ0n) is 17.9. The van der Waals surface area contributed by atoms with Gasteiger partial charge in [0.1, 0.15) is 0 Å². The Morgan fingerprint density at radius 3 is 2.52 bits per heavy atom. The van der Waals surface area contributed by atoms with Crippen LogP contribution in [0.15, 0.2) is 36.4 Å². The summed E-state index contributed by atoms with van der Waals surface area (Å²) < 4.78 is 0. The van der Waals surface area contributed by atoms with Gasteiger partial charge in [-0.05, 0) is 74.8 Å². The Morgan fingerprint density at radius 1 is 1.07 bits per heavy atom. The minimum absolute atomic E-state index is 0.00965. The molecular weight excluding hydrogens is 364 g/mol. The molecule has 1 aliphatic rings. The van der Waals surface area contributed by atoms with E-state index < -0.39 is 11.8 Å². The Kier molecular flexibility index (Phi) is 6.23. The maximum Gasteiger partial charge on any atom is 0.313 e. The number of likely N-dealkylation sites (N-methyl/N-ethyl adjacent to an activating group) is 2. The maximum absolute atomic E-state index is 12.3. The van der Waals surface area contributed by atoms with Crippen molar-refractivity contribution in [2.75, 3.05) is 44.4 Å². The largest absolute Gasteiger partial charge is 0.374 e. The Hall–Kier alpha value is -2.86. The number of amides is 2. The summed E-state index contributed by atoms with van der Waals surface area (Å²) in [6.45, 7) is 5.37. The van der Waals surface area contributed by atoms with Crippen LogP contribution in [0.3, 0.4) is 0 Å². The molecule has 6 heteroatoms. The second-order valence-corrected chi connectivity index (χ2v) is 8.00. The van der Waals surface area contributed by atoms with Crippen molar-refractivity contribution in [2.45, 2.75) is 26.3 Å². The predicted molar refractivity (Wildman–Crippen MR) is 117 cm³/mol. The van der Waals surface area contributed by atoms with Crippen molar-refractivity contribution in [3.05, 3.63) is 58.7 Å². The second-order valence-electron chi connectivity index (χ2n) is 8.00. The van der Waals surface area contributed by atoms with E-state index in [-0.39, 0.29) is 6.04 Å². The highest BCUT2D eigenvalue weighted by molar-refractivity contribution is 6.39. The Morgan fingerprint density at radius 2 is 1.83 bits per heavy atom. The van der Waals surface area contributed by atoms with Gasteiger partial charge in [0.15, 0.2) is 0 Å². The standard InChI is InChI=1S/C23H30N4O2/c1-15-6-8-19(12-16(15)2)25-23(29)22(28)24-14-21(26(3)4)17-7-9-20-18(13-17)10-11-27(20)5/h6-9,12-13,21H,10-11,14H2,1-5H3,(H,24,28)(H,25,29)/t21-/m0/s1. The van der Waals surface area contributed by atoms with Gasteiger partial charge >= 0.3 is 11.8 Å². The number of rotatable bonds is 5. The van der Waals surface area contributed by atoms with Crippen LogP contribution in [0, 0.1) is 13.8 Å². The fourth-order valence-electron chi connectivity index (χ4n) is 3.67. The molecule has 0 radical (unpaired) electrons. The molecule has 0 aliphatic carbocycles. The van der Waals surface area contributed by atoms with E-state index in [0.717, 1.165) is 29.7 Å². The smallest absolute Gasteiger partial charge is 0.313 e. The van der Waals surface area contributed by atoms with E-state index in [0.29, 0.717) is 12.2 Å². The van der Waals surface area contributed by atoms with E-state index in [1.54, 1.807) is 6.07 Å². The number of carbonyl (C=O) groups is 2. The van der Waals surface area contributed by atoms with E-state index in [2.05, 4.69) is 45.7 Å². The molecule has 1 atom stereocenters. The van der Waals surface area contributed by atoms with Crippen LogP contribution < -0.4 is 15.5 Å². The van der Waals surface area contributed by atoms with Gasteiger partial charge in [0.2, 0.25) is 0 Å². The van der Waals surface area contributed by atoms with Gasteiger partial charge in [-0.15, -0.1) is 0 Å². The van der Waals surface area contributed by atoms with Gasteiger partial charge in [-0.2, -0.15) is 0 Å². The summed E-state index contributed by atoms with van der Waals surface area (Å²) in [5.41, 5.74) is 6.57. The third-order valence-corrected chi connectivity index (χ3v) is 5.67. The third kappa shape index (κ3) is 4.77. The van der Waals surface area contributed by atoms with E-state index in [1.807, 2.05) is 40.1 Å². The van der Waals surface area contributed by atoms with Crippen molar-refractivity contribution in [3.8, 4) is 0 Å². The molecule has 3 rings (SSSR count). The van der Waals surface area contributed by atoms with Crippen molar-refractivity contribution in [2.24, 2.45) is 0 Å². The molecule has 6 nitrogen and oxygen atoms in total. The maximum atomic E-state index is 12.3. The first kappa shape index (κ1) is 20.9. The molecule has 0 aromatic heterocycles. The molecule has 29 heavy (non-hydrogen) atoms. The van der Waals surface area contributed by atoms with Crippen molar-refractivity contribution >= 4 is 23.2 Å². The van der Waals surface area contributed by atoms with Crippen LogP contribution in [0.2, 0.25) is 0 Å². The number of fused-ring (bicyclic) bond motifs is 1. The molecule has 0 saturated heterocycles. The van der Waals surface area contributed by atoms with Crippen LogP contribution in [0.4, 0.5) is 11.4 Å². The number of nitrogens with one attached hydrogen (secondary N) is 2. The monoisotopic (exact) mass is 394 g/mol. The summed E-state index contributed by atoms with van der Waals surface area (Å²) in [5.74, 6) is -1.28. The molecule has 2 N–H and O–H groups in total. The number of aryl methyl sites for hydroxylation is 2. The number of anilines is 2. The lowest BCUT2D eigenvalue weighted by Crippen LogP contribution is -2.40. The molecule has 2 aromatic carbocycles. The van der Waals surface area contributed by atoms with Crippen LogP contribution in [-0.2, 0) is 16.0 Å². The summed E-state index contributed by atoms with van der Waals surface area (Å²) in [6.07, 6.45) is 1.03. The topological polar surface area (TPSA) is 64.7 Å². The van der Waals surface area contributed by atoms with Crippen LogP contribution in [-0.4, -0.2) is 50.9 Å². The van der Waals surface area contributed by atoms with Crippen LogP contribution in [0.1, 0.15) is 28.3 Å². The van der Waals surface area contributed by atoms with Gasteiger partial charge in [-0.1, -0.05) is 18.2 Å². The summed E-state index contributed by atoms with van der Waals surface area (Å²) in [4.78, 5) is 28.9. The van der Waals surface area contributed by atoms with Crippen molar-refractivity contribution < 1.29 is 9.59 Å². The van der Waals surface area contributed by atoms with Gasteiger partial charge in [-0.25, -0.2) is 0 Å². The fourth-order valence-corrected chi connectivity index (χ4v) is 3.67. The highest BCUT2D eigenvalue weighted by Gasteiger charge is 2.22. The van der Waals surface area contributed by atoms with Gasteiger partial charge < -0.3 is 20.4 Å². The molecule has 0 bridgehead atoms. The third-order valence-electron chi connectivity index (χ3n) is 5.67. The van der Waals surface area contributed by atoms with E-state index in [9.17, 15) is 9.59 Å². The Labute approximate surface area is 172 Å². The lowest BCUT2D eigenvalue weighted by Gasteiger charge is -2.26. The molecule has 2 aromatic rings. The molecule has 2 amide bonds. The van der Waals surface area contributed by atoms with Crippen molar-refractivity contribution in [3.63, 3.8) is 0 Å². The molecule has 0 unspecified atom stereocenters. The van der Waals surface area contributed by atoms with Crippen LogP contribution in [0.5, 0.6) is 0 Å². The predicted octanol–water partition coefficient (Wildman–Crippen LogP) is 2.65. The molecule has 1 heterocycles. The molecular formula is C23H30N4O2. The molecule has 0 fully saturated rings. The highest BCUT2D eigenvalue weighted by atomic mass is 16.2. The zero-order chi connectivity index (χ0) is 21.1. The van der Waals surface area contributed by atoms with Gasteiger partial charge in [0, 0.05) is 31.5 Å². The Bertz CT molecular complexity index is 923. The average Bonchev–Trinajstić information content (AvgIpc) is 3.05. The highest BCUT2D eigenvalue weighted by Crippen LogP contribution is 2.30. The van der Waals surface area contributed by atoms with Crippen LogP contribution in [0.25, 0.3) is 0 Å². The van der Waals surface area contributed by atoms with Gasteiger partial charge in [0.05, 0.1) is 6.04 Å². The van der Waals surface area contributed by atoms with Crippen LogP contribution >= 0.6 is 0 Å². The van der Waals surface area contributed by atoms with E-state index >= 15 is 0 Å². The normalized spacial score (nSPS) is 13.9. The number of carbonyl (C=O) groups excluding carboxylic acids is 2. The molecule has 0 saturated carbocycles. The minimum Gasteiger partial charge on any atom is -0.374 e. The van der Waals surface area contributed by atoms with E-state index in [1.165, 1.54) is 11.3 Å². The SMILES string of the molecule is Cc1ccc(NC(=O)C(=O)NC[C@@H](c2ccc3c(c2)CCN3C)N(C)C)cc1C. The summed E-state index contributed by atoms with van der Waals surface area (Å²) >= 11 is 0. The quantitative estimate of drug-likeness (QED) is 0.766. The second kappa shape index (κ2) is 8.66. The summed E-state index contributed by atoms with van der Waals surface area (Å²) in [7, 11) is 6.06. The molecule has 0 spiro atoms.